The molecule has 4 aliphatic rings. The number of Topliss-reactive ketones (excluding diaryl/α,β-unsaturated/α-hetero) is 1. The van der Waals surface area contributed by atoms with Crippen molar-refractivity contribution >= 4 is 17.8 Å². The zero-order chi connectivity index (χ0) is 25.9. The number of cyclic esters (lactones) is 1. The van der Waals surface area contributed by atoms with Gasteiger partial charge in [-0.15, -0.1) is 0 Å². The van der Waals surface area contributed by atoms with Gasteiger partial charge in [-0.05, 0) is 44.2 Å². The van der Waals surface area contributed by atoms with Gasteiger partial charge >= 0.3 is 6.16 Å². The Balaban J connectivity index is 1.58. The number of aliphatic hydroxyl groups is 1. The van der Waals surface area contributed by atoms with Crippen LogP contribution in [0.5, 0.6) is 0 Å². The lowest BCUT2D eigenvalue weighted by Gasteiger charge is -2.45. The molecule has 192 valence electrons. The highest BCUT2D eigenvalue weighted by Gasteiger charge is 2.78. The van der Waals surface area contributed by atoms with E-state index in [9.17, 15) is 19.5 Å². The number of allylic oxidation sites excluding steroid dienone is 1. The predicted molar refractivity (Wildman–Crippen MR) is 129 cm³/mol. The fourth-order valence-electron chi connectivity index (χ4n) is 6.51. The van der Waals surface area contributed by atoms with Gasteiger partial charge < -0.3 is 24.6 Å². The summed E-state index contributed by atoms with van der Waals surface area (Å²) in [5, 5.41) is 13.7. The molecule has 0 radical (unpaired) electrons. The van der Waals surface area contributed by atoms with Gasteiger partial charge in [-0.3, -0.25) is 9.59 Å². The minimum absolute atomic E-state index is 0.0972. The number of ketones is 1. The van der Waals surface area contributed by atoms with Crippen LogP contribution < -0.4 is 5.32 Å². The van der Waals surface area contributed by atoms with E-state index < -0.39 is 40.6 Å². The van der Waals surface area contributed by atoms with Gasteiger partial charge in [0.05, 0.1) is 23.9 Å². The maximum Gasteiger partial charge on any atom is 0.514 e. The van der Waals surface area contributed by atoms with Gasteiger partial charge in [-0.25, -0.2) is 4.79 Å². The van der Waals surface area contributed by atoms with Gasteiger partial charge in [-0.1, -0.05) is 56.3 Å². The Morgan fingerprint density at radius 3 is 2.56 bits per heavy atom. The van der Waals surface area contributed by atoms with E-state index in [1.807, 2.05) is 56.3 Å². The smallest absolute Gasteiger partial charge is 0.416 e. The minimum Gasteiger partial charge on any atom is -0.416 e. The zero-order valence-corrected chi connectivity index (χ0v) is 21.0. The average molecular weight is 496 g/mol. The Morgan fingerprint density at radius 1 is 1.11 bits per heavy atom. The van der Waals surface area contributed by atoms with Crippen molar-refractivity contribution in [3.05, 3.63) is 60.4 Å². The number of epoxide rings is 1. The lowest BCUT2D eigenvalue weighted by Crippen LogP contribution is -2.61. The van der Waals surface area contributed by atoms with Gasteiger partial charge in [0.2, 0.25) is 5.60 Å². The van der Waals surface area contributed by atoms with E-state index in [-0.39, 0.29) is 29.9 Å². The molecule has 5 rings (SSSR count). The van der Waals surface area contributed by atoms with Crippen LogP contribution >= 0.6 is 0 Å². The van der Waals surface area contributed by atoms with Gasteiger partial charge in [0.25, 0.3) is 5.91 Å². The van der Waals surface area contributed by atoms with Crippen molar-refractivity contribution in [3.63, 3.8) is 0 Å². The Labute approximate surface area is 210 Å². The van der Waals surface area contributed by atoms with Crippen LogP contribution in [0.15, 0.2) is 54.8 Å². The zero-order valence-electron chi connectivity index (χ0n) is 21.0. The molecule has 9 atom stereocenters. The third kappa shape index (κ3) is 3.78. The fourth-order valence-corrected chi connectivity index (χ4v) is 6.51. The quantitative estimate of drug-likeness (QED) is 0.368. The molecule has 1 aliphatic carbocycles. The molecule has 0 bridgehead atoms. The van der Waals surface area contributed by atoms with Gasteiger partial charge in [-0.2, -0.15) is 0 Å². The first-order chi connectivity index (χ1) is 17.0. The molecule has 3 aliphatic heterocycles. The number of ether oxygens (including phenoxy) is 3. The molecule has 8 heteroatoms. The molecule has 1 spiro atoms. The molecular weight excluding hydrogens is 462 g/mol. The maximum atomic E-state index is 13.8. The Bertz CT molecular complexity index is 1130. The molecule has 1 saturated carbocycles. The van der Waals surface area contributed by atoms with Crippen LogP contribution in [0.4, 0.5) is 4.79 Å². The summed E-state index contributed by atoms with van der Waals surface area (Å²) >= 11 is 0. The van der Waals surface area contributed by atoms with Crippen LogP contribution in [0.2, 0.25) is 0 Å². The molecule has 2 saturated heterocycles. The van der Waals surface area contributed by atoms with Gasteiger partial charge in [0.1, 0.15) is 5.60 Å². The van der Waals surface area contributed by atoms with Crippen molar-refractivity contribution in [2.75, 3.05) is 0 Å². The number of fused-ring (bicyclic) bond motifs is 2. The van der Waals surface area contributed by atoms with Gasteiger partial charge in [0.15, 0.2) is 5.78 Å². The number of hydrogen-bond acceptors (Lipinski definition) is 7. The fraction of sp³-hybridized carbons (Fsp3) is 0.536. The highest BCUT2D eigenvalue weighted by Crippen LogP contribution is 2.63. The Kier molecular flexibility index (Phi) is 5.87. The predicted octanol–water partition coefficient (Wildman–Crippen LogP) is 3.09. The second kappa shape index (κ2) is 8.56. The molecule has 36 heavy (non-hydrogen) atoms. The molecule has 1 aromatic rings. The summed E-state index contributed by atoms with van der Waals surface area (Å²) in [6.45, 7) is 7.15. The van der Waals surface area contributed by atoms with Crippen molar-refractivity contribution in [3.8, 4) is 0 Å². The number of benzene rings is 1. The number of carbonyl (C=O) groups is 3. The summed E-state index contributed by atoms with van der Waals surface area (Å²) in [6, 6.07) is 9.58. The van der Waals surface area contributed by atoms with Crippen molar-refractivity contribution in [2.24, 2.45) is 23.7 Å². The molecule has 8 nitrogen and oxygen atoms in total. The van der Waals surface area contributed by atoms with Crippen molar-refractivity contribution in [1.82, 2.24) is 5.32 Å². The summed E-state index contributed by atoms with van der Waals surface area (Å²) in [7, 11) is 0. The van der Waals surface area contributed by atoms with Crippen LogP contribution in [0.25, 0.3) is 0 Å². The second-order valence-corrected chi connectivity index (χ2v) is 11.0. The largest absolute Gasteiger partial charge is 0.514 e. The van der Waals surface area contributed by atoms with E-state index in [2.05, 4.69) is 5.32 Å². The first-order valence-electron chi connectivity index (χ1n) is 12.5. The molecule has 0 aromatic heterocycles. The van der Waals surface area contributed by atoms with E-state index >= 15 is 0 Å². The summed E-state index contributed by atoms with van der Waals surface area (Å²) in [5.74, 6) is -2.32. The first-order valence-corrected chi connectivity index (χ1v) is 12.5. The summed E-state index contributed by atoms with van der Waals surface area (Å²) in [6.07, 6.45) is 5.28. The van der Waals surface area contributed by atoms with Crippen molar-refractivity contribution in [2.45, 2.75) is 69.5 Å². The number of rotatable bonds is 2. The summed E-state index contributed by atoms with van der Waals surface area (Å²) in [5.41, 5.74) is -2.76. The van der Waals surface area contributed by atoms with Crippen LogP contribution in [-0.2, 0) is 30.2 Å². The third-order valence-corrected chi connectivity index (χ3v) is 8.64. The number of hydrogen-bond donors (Lipinski definition) is 2. The number of amides is 1. The molecule has 1 amide bonds. The maximum absolute atomic E-state index is 13.8. The van der Waals surface area contributed by atoms with Crippen molar-refractivity contribution < 1.29 is 33.7 Å². The lowest BCUT2D eigenvalue weighted by molar-refractivity contribution is -0.153. The monoisotopic (exact) mass is 495 g/mol. The summed E-state index contributed by atoms with van der Waals surface area (Å²) in [4.78, 5) is 39.5. The van der Waals surface area contributed by atoms with E-state index in [0.717, 1.165) is 17.9 Å². The Hall–Kier alpha value is -2.97. The molecule has 3 fully saturated rings. The van der Waals surface area contributed by atoms with Gasteiger partial charge in [0, 0.05) is 17.9 Å². The van der Waals surface area contributed by atoms with E-state index in [4.69, 9.17) is 14.2 Å². The Morgan fingerprint density at radius 2 is 1.83 bits per heavy atom. The molecule has 1 aromatic carbocycles. The minimum atomic E-state index is -1.81. The molecule has 0 unspecified atom stereocenters. The summed E-state index contributed by atoms with van der Waals surface area (Å²) < 4.78 is 17.3. The second-order valence-electron chi connectivity index (χ2n) is 11.0. The van der Waals surface area contributed by atoms with Crippen LogP contribution in [0.1, 0.15) is 39.7 Å². The average Bonchev–Trinajstić information content (AvgIpc) is 3.45. The topological polar surface area (TPSA) is 114 Å². The highest BCUT2D eigenvalue weighted by molar-refractivity contribution is 5.92. The first kappa shape index (κ1) is 24.7. The van der Waals surface area contributed by atoms with Crippen LogP contribution in [0, 0.1) is 23.7 Å². The number of nitrogens with one attached hydrogen (secondary N) is 1. The molecule has 3 heterocycles. The van der Waals surface area contributed by atoms with E-state index in [1.54, 1.807) is 6.92 Å². The van der Waals surface area contributed by atoms with E-state index in [0.29, 0.717) is 12.8 Å². The van der Waals surface area contributed by atoms with Crippen LogP contribution in [-0.4, -0.2) is 51.9 Å². The third-order valence-electron chi connectivity index (χ3n) is 8.64. The molecular formula is C28H33NO7. The van der Waals surface area contributed by atoms with Crippen molar-refractivity contribution in [1.29, 1.82) is 0 Å². The standard InChI is InChI=1S/C28H33NO7/c1-16-9-8-12-19-23-27(4,35-23)17(2)21-20(15-18-10-6-5-7-11-18)29-24(31)28(19,21)36-25(32)34-14-13-26(3,33)22(16)30/h5-8,10-14,16-17,19-21,23,33H,9,15H2,1-4H3,(H,29,31)/b12-8-,14-13-/t16-,17-,19-,20+,21-,23+,26-,27+,28+/m0/s1. The number of carbonyl (C=O) groups excluding carboxylic acids is 3. The SMILES string of the molecule is C[C@H]1C/C=C\[C@H]2[C@H]3O[C@]3(C)[C@@H](C)[C@H]3[C@@H](Cc4ccccc4)NC(=O)[C@]32OC(=O)O/C=C\[C@](C)(O)C1=O. The van der Waals surface area contributed by atoms with Crippen LogP contribution in [0.3, 0.4) is 0 Å². The molecule has 2 N–H and O–H groups in total. The van der Waals surface area contributed by atoms with E-state index in [1.165, 1.54) is 6.92 Å². The highest BCUT2D eigenvalue weighted by atomic mass is 16.7. The lowest BCUT2D eigenvalue weighted by atomic mass is 9.59. The normalized spacial score (nSPS) is 45.8.